The van der Waals surface area contributed by atoms with Gasteiger partial charge < -0.3 is 5.32 Å². The van der Waals surface area contributed by atoms with Gasteiger partial charge in [0.1, 0.15) is 0 Å². The van der Waals surface area contributed by atoms with Crippen molar-refractivity contribution in [2.45, 2.75) is 25.8 Å². The molecule has 1 amide bonds. The summed E-state index contributed by atoms with van der Waals surface area (Å²) in [5.41, 5.74) is 6.50. The van der Waals surface area contributed by atoms with E-state index in [1.165, 1.54) is 36.0 Å². The van der Waals surface area contributed by atoms with E-state index in [0.717, 1.165) is 30.7 Å². The zero-order valence-electron chi connectivity index (χ0n) is 18.0. The van der Waals surface area contributed by atoms with Crippen molar-refractivity contribution in [2.24, 2.45) is 0 Å². The standard InChI is InChI=1S/C27H26N4O/c32-27(30-23-10-12-25-26(18-23)29-14-13-28-25)21-9-11-24(20-7-3-1-4-8-20)22(17-21)19-31-15-5-2-6-16-31/h1,3-4,7-14,17-18H,2,5-6,15-16,19H2,(H,30,32). The molecule has 0 radical (unpaired) electrons. The lowest BCUT2D eigenvalue weighted by Gasteiger charge is -2.27. The summed E-state index contributed by atoms with van der Waals surface area (Å²) in [6.45, 7) is 3.09. The molecule has 5 heteroatoms. The number of likely N-dealkylation sites (tertiary alicyclic amines) is 1. The maximum atomic E-state index is 13.1. The Morgan fingerprint density at radius 3 is 2.44 bits per heavy atom. The van der Waals surface area contributed by atoms with Gasteiger partial charge in [0.15, 0.2) is 0 Å². The fraction of sp³-hybridized carbons (Fsp3) is 0.222. The molecule has 1 aliphatic rings. The third-order valence-electron chi connectivity index (χ3n) is 6.02. The molecule has 3 aromatic carbocycles. The van der Waals surface area contributed by atoms with Crippen molar-refractivity contribution in [2.75, 3.05) is 18.4 Å². The van der Waals surface area contributed by atoms with Gasteiger partial charge in [0, 0.05) is 30.2 Å². The van der Waals surface area contributed by atoms with E-state index < -0.39 is 0 Å². The quantitative estimate of drug-likeness (QED) is 0.459. The van der Waals surface area contributed by atoms with Crippen LogP contribution in [-0.2, 0) is 6.54 Å². The first-order valence-corrected chi connectivity index (χ1v) is 11.2. The molecule has 32 heavy (non-hydrogen) atoms. The highest BCUT2D eigenvalue weighted by atomic mass is 16.1. The first-order chi connectivity index (χ1) is 15.8. The Kier molecular flexibility index (Phi) is 5.90. The Bertz CT molecular complexity index is 1230. The average Bonchev–Trinajstić information content (AvgIpc) is 2.85. The highest BCUT2D eigenvalue weighted by molar-refractivity contribution is 6.05. The Hall–Kier alpha value is -3.57. The van der Waals surface area contributed by atoms with Crippen molar-refractivity contribution in [3.63, 3.8) is 0 Å². The number of hydrogen-bond donors (Lipinski definition) is 1. The predicted octanol–water partition coefficient (Wildman–Crippen LogP) is 5.54. The molecule has 0 aliphatic carbocycles. The lowest BCUT2D eigenvalue weighted by molar-refractivity contribution is 0.102. The third kappa shape index (κ3) is 4.53. The van der Waals surface area contributed by atoms with E-state index in [9.17, 15) is 4.79 Å². The van der Waals surface area contributed by atoms with Crippen LogP contribution in [-0.4, -0.2) is 33.9 Å². The molecule has 1 fully saturated rings. The summed E-state index contributed by atoms with van der Waals surface area (Å²) >= 11 is 0. The maximum absolute atomic E-state index is 13.1. The van der Waals surface area contributed by atoms with Crippen LogP contribution < -0.4 is 5.32 Å². The lowest BCUT2D eigenvalue weighted by atomic mass is 9.96. The maximum Gasteiger partial charge on any atom is 0.255 e. The summed E-state index contributed by atoms with van der Waals surface area (Å²) in [5.74, 6) is -0.118. The van der Waals surface area contributed by atoms with Crippen molar-refractivity contribution >= 4 is 22.6 Å². The van der Waals surface area contributed by atoms with Gasteiger partial charge in [-0.3, -0.25) is 19.7 Å². The largest absolute Gasteiger partial charge is 0.322 e. The number of rotatable bonds is 5. The van der Waals surface area contributed by atoms with Crippen LogP contribution in [0.15, 0.2) is 79.1 Å². The van der Waals surface area contributed by atoms with Gasteiger partial charge in [-0.1, -0.05) is 42.8 Å². The van der Waals surface area contributed by atoms with E-state index in [1.54, 1.807) is 12.4 Å². The highest BCUT2D eigenvalue weighted by Gasteiger charge is 2.16. The number of benzene rings is 3. The number of nitrogens with zero attached hydrogens (tertiary/aromatic N) is 3. The van der Waals surface area contributed by atoms with Crippen LogP contribution in [0.3, 0.4) is 0 Å². The van der Waals surface area contributed by atoms with Crippen molar-refractivity contribution in [1.82, 2.24) is 14.9 Å². The number of carbonyl (C=O) groups is 1. The third-order valence-corrected chi connectivity index (χ3v) is 6.02. The summed E-state index contributed by atoms with van der Waals surface area (Å²) in [7, 11) is 0. The second kappa shape index (κ2) is 9.28. The predicted molar refractivity (Wildman–Crippen MR) is 128 cm³/mol. The lowest BCUT2D eigenvalue weighted by Crippen LogP contribution is -2.29. The Labute approximate surface area is 188 Å². The fourth-order valence-electron chi connectivity index (χ4n) is 4.37. The Morgan fingerprint density at radius 1 is 0.844 bits per heavy atom. The minimum atomic E-state index is -0.118. The highest BCUT2D eigenvalue weighted by Crippen LogP contribution is 2.27. The van der Waals surface area contributed by atoms with Crippen molar-refractivity contribution < 1.29 is 4.79 Å². The van der Waals surface area contributed by atoms with Crippen LogP contribution in [0.4, 0.5) is 5.69 Å². The van der Waals surface area contributed by atoms with E-state index in [0.29, 0.717) is 11.3 Å². The molecule has 1 N–H and O–H groups in total. The van der Waals surface area contributed by atoms with Crippen LogP contribution in [0, 0.1) is 0 Å². The van der Waals surface area contributed by atoms with Gasteiger partial charge in [0.25, 0.3) is 5.91 Å². The Balaban J connectivity index is 1.43. The zero-order chi connectivity index (χ0) is 21.8. The summed E-state index contributed by atoms with van der Waals surface area (Å²) in [4.78, 5) is 24.2. The van der Waals surface area contributed by atoms with Crippen molar-refractivity contribution in [1.29, 1.82) is 0 Å². The molecular weight excluding hydrogens is 396 g/mol. The van der Waals surface area contributed by atoms with Crippen LogP contribution in [0.1, 0.15) is 35.2 Å². The number of fused-ring (bicyclic) bond motifs is 1. The number of hydrogen-bond acceptors (Lipinski definition) is 4. The van der Waals surface area contributed by atoms with E-state index in [4.69, 9.17) is 0 Å². The van der Waals surface area contributed by atoms with E-state index in [-0.39, 0.29) is 5.91 Å². The zero-order valence-corrected chi connectivity index (χ0v) is 18.0. The van der Waals surface area contributed by atoms with Gasteiger partial charge in [-0.05, 0) is 73.0 Å². The summed E-state index contributed by atoms with van der Waals surface area (Å²) in [6.07, 6.45) is 7.11. The van der Waals surface area contributed by atoms with Gasteiger partial charge in [-0.25, -0.2) is 0 Å². The van der Waals surface area contributed by atoms with Gasteiger partial charge >= 0.3 is 0 Å². The number of aromatic nitrogens is 2. The molecule has 0 bridgehead atoms. The van der Waals surface area contributed by atoms with E-state index in [2.05, 4.69) is 50.5 Å². The Morgan fingerprint density at radius 2 is 1.62 bits per heavy atom. The molecule has 5 nitrogen and oxygen atoms in total. The van der Waals surface area contributed by atoms with Gasteiger partial charge in [-0.15, -0.1) is 0 Å². The second-order valence-electron chi connectivity index (χ2n) is 8.29. The molecule has 160 valence electrons. The average molecular weight is 423 g/mol. The molecule has 1 aromatic heterocycles. The van der Waals surface area contributed by atoms with Gasteiger partial charge in [-0.2, -0.15) is 0 Å². The SMILES string of the molecule is O=C(Nc1ccc2nccnc2c1)c1ccc(-c2ccccc2)c(CN2CCCCC2)c1. The van der Waals surface area contributed by atoms with E-state index in [1.807, 2.05) is 36.4 Å². The van der Waals surface area contributed by atoms with Crippen LogP contribution in [0.2, 0.25) is 0 Å². The monoisotopic (exact) mass is 422 g/mol. The number of anilines is 1. The fourth-order valence-corrected chi connectivity index (χ4v) is 4.37. The molecule has 0 unspecified atom stereocenters. The molecule has 1 saturated heterocycles. The topological polar surface area (TPSA) is 58.1 Å². The molecule has 1 aliphatic heterocycles. The molecule has 5 rings (SSSR count). The number of piperidine rings is 1. The number of nitrogens with one attached hydrogen (secondary N) is 1. The minimum Gasteiger partial charge on any atom is -0.322 e. The number of carbonyl (C=O) groups excluding carboxylic acids is 1. The minimum absolute atomic E-state index is 0.118. The molecule has 0 atom stereocenters. The smallest absolute Gasteiger partial charge is 0.255 e. The van der Waals surface area contributed by atoms with Crippen LogP contribution in [0.25, 0.3) is 22.2 Å². The number of amides is 1. The summed E-state index contributed by atoms with van der Waals surface area (Å²) in [6, 6.07) is 22.0. The van der Waals surface area contributed by atoms with E-state index >= 15 is 0 Å². The summed E-state index contributed by atoms with van der Waals surface area (Å²) < 4.78 is 0. The molecule has 0 spiro atoms. The van der Waals surface area contributed by atoms with Gasteiger partial charge in [0.05, 0.1) is 11.0 Å². The molecule has 0 saturated carbocycles. The van der Waals surface area contributed by atoms with Crippen molar-refractivity contribution in [3.8, 4) is 11.1 Å². The normalized spacial score (nSPS) is 14.4. The first-order valence-electron chi connectivity index (χ1n) is 11.2. The molecular formula is C27H26N4O. The molecule has 2 heterocycles. The van der Waals surface area contributed by atoms with Crippen LogP contribution in [0.5, 0.6) is 0 Å². The molecule has 4 aromatic rings. The first kappa shape index (κ1) is 20.3. The van der Waals surface area contributed by atoms with Gasteiger partial charge in [0.2, 0.25) is 0 Å². The summed E-state index contributed by atoms with van der Waals surface area (Å²) in [5, 5.41) is 3.02. The van der Waals surface area contributed by atoms with Crippen molar-refractivity contribution in [3.05, 3.63) is 90.3 Å². The van der Waals surface area contributed by atoms with Crippen LogP contribution >= 0.6 is 0 Å². The second-order valence-corrected chi connectivity index (χ2v) is 8.29.